The van der Waals surface area contributed by atoms with Gasteiger partial charge in [-0.15, -0.1) is 0 Å². The first-order valence-corrected chi connectivity index (χ1v) is 5.43. The maximum Gasteiger partial charge on any atom is 0.484 e. The molecular weight excluding hydrogens is 238 g/mol. The standard InChI is InChI=1S/C11H9BF5/c13-7-1-2-8(9(14)3-7)10-4-11(5-10,6-10)12(15,16)17/h1-3H,4-6H2/q-1. The molecule has 1 aromatic carbocycles. The lowest BCUT2D eigenvalue weighted by Gasteiger charge is -2.75. The summed E-state index contributed by atoms with van der Waals surface area (Å²) in [5, 5.41) is -1.54. The number of halogens is 5. The molecular formula is C11H9BF5-. The van der Waals surface area contributed by atoms with Crippen molar-refractivity contribution in [2.24, 2.45) is 0 Å². The van der Waals surface area contributed by atoms with Crippen LogP contribution >= 0.6 is 0 Å². The van der Waals surface area contributed by atoms with E-state index in [-0.39, 0.29) is 24.8 Å². The summed E-state index contributed by atoms with van der Waals surface area (Å²) in [5.41, 5.74) is -0.449. The van der Waals surface area contributed by atoms with Gasteiger partial charge in [0.25, 0.3) is 0 Å². The molecule has 3 fully saturated rings. The van der Waals surface area contributed by atoms with Gasteiger partial charge >= 0.3 is 6.98 Å². The van der Waals surface area contributed by atoms with Crippen LogP contribution in [0.25, 0.3) is 0 Å². The molecule has 2 bridgehead atoms. The van der Waals surface area contributed by atoms with Gasteiger partial charge in [0.2, 0.25) is 0 Å². The molecule has 0 unspecified atom stereocenters. The van der Waals surface area contributed by atoms with Crippen molar-refractivity contribution in [1.29, 1.82) is 0 Å². The van der Waals surface area contributed by atoms with Crippen molar-refractivity contribution >= 4 is 6.98 Å². The Kier molecular flexibility index (Phi) is 1.85. The average Bonchev–Trinajstić information content (AvgIpc) is 2.01. The number of hydrogen-bond donors (Lipinski definition) is 0. The van der Waals surface area contributed by atoms with Crippen molar-refractivity contribution < 1.29 is 21.7 Å². The highest BCUT2D eigenvalue weighted by atomic mass is 19.4. The van der Waals surface area contributed by atoms with Crippen LogP contribution in [-0.2, 0) is 5.41 Å². The second-order valence-corrected chi connectivity index (χ2v) is 5.37. The minimum Gasteiger partial charge on any atom is -0.449 e. The Morgan fingerprint density at radius 3 is 2.06 bits per heavy atom. The maximum absolute atomic E-state index is 13.5. The molecule has 0 aliphatic heterocycles. The van der Waals surface area contributed by atoms with Gasteiger partial charge in [0.05, 0.1) is 0 Å². The molecule has 0 nitrogen and oxygen atoms in total. The van der Waals surface area contributed by atoms with Crippen LogP contribution in [0.5, 0.6) is 0 Å². The van der Waals surface area contributed by atoms with Gasteiger partial charge in [-0.1, -0.05) is 30.6 Å². The fourth-order valence-electron chi connectivity index (χ4n) is 3.42. The summed E-state index contributed by atoms with van der Waals surface area (Å²) in [7, 11) is 0. The van der Waals surface area contributed by atoms with Gasteiger partial charge < -0.3 is 12.9 Å². The lowest BCUT2D eigenvalue weighted by atomic mass is 9.23. The molecule has 3 aliphatic rings. The van der Waals surface area contributed by atoms with E-state index in [1.807, 2.05) is 0 Å². The number of rotatable bonds is 2. The highest BCUT2D eigenvalue weighted by Crippen LogP contribution is 2.82. The van der Waals surface area contributed by atoms with Crippen LogP contribution < -0.4 is 0 Å². The third-order valence-corrected chi connectivity index (χ3v) is 4.27. The van der Waals surface area contributed by atoms with Crippen molar-refractivity contribution in [2.45, 2.75) is 30.0 Å². The van der Waals surface area contributed by atoms with Crippen molar-refractivity contribution in [3.8, 4) is 0 Å². The summed E-state index contributed by atoms with van der Waals surface area (Å²) in [6.45, 7) is -4.85. The van der Waals surface area contributed by atoms with E-state index in [0.29, 0.717) is 0 Å². The third-order valence-electron chi connectivity index (χ3n) is 4.27. The third kappa shape index (κ3) is 1.24. The van der Waals surface area contributed by atoms with Crippen LogP contribution in [0.4, 0.5) is 21.7 Å². The Morgan fingerprint density at radius 2 is 1.59 bits per heavy atom. The molecule has 3 saturated carbocycles. The maximum atomic E-state index is 13.5. The molecule has 0 heterocycles. The van der Waals surface area contributed by atoms with Gasteiger partial charge in [-0.25, -0.2) is 8.78 Å². The number of hydrogen-bond acceptors (Lipinski definition) is 0. The molecule has 0 N–H and O–H groups in total. The monoisotopic (exact) mass is 247 g/mol. The van der Waals surface area contributed by atoms with E-state index in [4.69, 9.17) is 0 Å². The number of benzene rings is 1. The molecule has 0 atom stereocenters. The van der Waals surface area contributed by atoms with E-state index < -0.39 is 29.3 Å². The van der Waals surface area contributed by atoms with Gasteiger partial charge in [-0.2, -0.15) is 0 Å². The minimum absolute atomic E-state index is 0.0357. The van der Waals surface area contributed by atoms with E-state index in [1.54, 1.807) is 0 Å². The second kappa shape index (κ2) is 2.84. The van der Waals surface area contributed by atoms with Crippen LogP contribution in [0.1, 0.15) is 24.8 Å². The van der Waals surface area contributed by atoms with E-state index in [0.717, 1.165) is 12.1 Å². The van der Waals surface area contributed by atoms with Crippen LogP contribution in [-0.4, -0.2) is 6.98 Å². The predicted molar refractivity (Wildman–Crippen MR) is 53.7 cm³/mol. The average molecular weight is 247 g/mol. The fourth-order valence-corrected chi connectivity index (χ4v) is 3.42. The lowest BCUT2D eigenvalue weighted by Crippen LogP contribution is -2.67. The lowest BCUT2D eigenvalue weighted by molar-refractivity contribution is -0.0424. The van der Waals surface area contributed by atoms with E-state index in [2.05, 4.69) is 0 Å². The minimum atomic E-state index is -4.85. The van der Waals surface area contributed by atoms with Gasteiger partial charge in [-0.3, -0.25) is 0 Å². The van der Waals surface area contributed by atoms with Crippen molar-refractivity contribution in [1.82, 2.24) is 0 Å². The first kappa shape index (κ1) is 11.0. The van der Waals surface area contributed by atoms with Crippen molar-refractivity contribution in [3.63, 3.8) is 0 Å². The normalized spacial score (nSPS) is 35.1. The topological polar surface area (TPSA) is 0 Å². The van der Waals surface area contributed by atoms with E-state index in [1.165, 1.54) is 6.07 Å². The first-order chi connectivity index (χ1) is 7.78. The molecule has 92 valence electrons. The summed E-state index contributed by atoms with van der Waals surface area (Å²) >= 11 is 0. The zero-order valence-corrected chi connectivity index (χ0v) is 8.82. The van der Waals surface area contributed by atoms with Gasteiger partial charge in [0.15, 0.2) is 0 Å². The summed E-state index contributed by atoms with van der Waals surface area (Å²) in [4.78, 5) is 0. The fraction of sp³-hybridized carbons (Fsp3) is 0.455. The Balaban J connectivity index is 1.87. The largest absolute Gasteiger partial charge is 0.484 e. The molecule has 0 amide bonds. The zero-order valence-electron chi connectivity index (χ0n) is 8.82. The molecule has 0 saturated heterocycles. The van der Waals surface area contributed by atoms with E-state index in [9.17, 15) is 21.7 Å². The van der Waals surface area contributed by atoms with Crippen LogP contribution in [0.2, 0.25) is 5.31 Å². The van der Waals surface area contributed by atoms with Crippen LogP contribution in [0.15, 0.2) is 18.2 Å². The Hall–Kier alpha value is -1.07. The summed E-state index contributed by atoms with van der Waals surface area (Å²) in [6.07, 6.45) is -0.107. The molecule has 0 radical (unpaired) electrons. The zero-order chi connectivity index (χ0) is 12.5. The Morgan fingerprint density at radius 1 is 1.00 bits per heavy atom. The van der Waals surface area contributed by atoms with Gasteiger partial charge in [0, 0.05) is 6.07 Å². The van der Waals surface area contributed by atoms with Crippen molar-refractivity contribution in [2.75, 3.05) is 0 Å². The highest BCUT2D eigenvalue weighted by Gasteiger charge is 2.74. The SMILES string of the molecule is Fc1ccc(C23CC([B-](F)(F)F)(C2)C3)c(F)c1. The quantitative estimate of drug-likeness (QED) is 0.547. The van der Waals surface area contributed by atoms with Gasteiger partial charge in [-0.05, 0) is 17.0 Å². The highest BCUT2D eigenvalue weighted by molar-refractivity contribution is 6.63. The summed E-state index contributed by atoms with van der Waals surface area (Å²) in [5.74, 6) is -1.43. The Labute approximate surface area is 94.9 Å². The van der Waals surface area contributed by atoms with Crippen LogP contribution in [0.3, 0.4) is 0 Å². The van der Waals surface area contributed by atoms with Crippen molar-refractivity contribution in [3.05, 3.63) is 35.4 Å². The summed E-state index contributed by atoms with van der Waals surface area (Å²) < 4.78 is 64.3. The smallest absolute Gasteiger partial charge is 0.449 e. The van der Waals surface area contributed by atoms with E-state index >= 15 is 0 Å². The molecule has 3 aliphatic carbocycles. The molecule has 6 heteroatoms. The molecule has 17 heavy (non-hydrogen) atoms. The van der Waals surface area contributed by atoms with Crippen LogP contribution in [0, 0.1) is 11.6 Å². The summed E-state index contributed by atoms with van der Waals surface area (Å²) in [6, 6.07) is 3.11. The molecule has 0 spiro atoms. The molecule has 1 aromatic rings. The second-order valence-electron chi connectivity index (χ2n) is 5.37. The van der Waals surface area contributed by atoms with Gasteiger partial charge in [0.1, 0.15) is 11.6 Å². The predicted octanol–water partition coefficient (Wildman–Crippen LogP) is 3.99. The molecule has 0 aromatic heterocycles. The molecule has 4 rings (SSSR count). The Bertz CT molecular complexity index is 473. The first-order valence-electron chi connectivity index (χ1n) is 5.43.